The smallest absolute Gasteiger partial charge is 0.191 e. The van der Waals surface area contributed by atoms with Gasteiger partial charge in [0.2, 0.25) is 0 Å². The predicted molar refractivity (Wildman–Crippen MR) is 79.6 cm³/mol. The number of guanidine groups is 1. The summed E-state index contributed by atoms with van der Waals surface area (Å²) in [5, 5.41) is 14.5. The van der Waals surface area contributed by atoms with Crippen LogP contribution in [0.1, 0.15) is 33.0 Å². The Kier molecular flexibility index (Phi) is 8.37. The third kappa shape index (κ3) is 6.01. The molecule has 1 aromatic heterocycles. The summed E-state index contributed by atoms with van der Waals surface area (Å²) in [6, 6.07) is 0. The molecule has 0 fully saturated rings. The van der Waals surface area contributed by atoms with Crippen LogP contribution in [-0.4, -0.2) is 47.0 Å². The first kappa shape index (κ1) is 16.4. The van der Waals surface area contributed by atoms with Crippen LogP contribution in [0.25, 0.3) is 0 Å². The monoisotopic (exact) mass is 282 g/mol. The van der Waals surface area contributed by atoms with Gasteiger partial charge in [-0.15, -0.1) is 10.2 Å². The number of rotatable bonds is 9. The number of nitrogens with one attached hydrogen (secondary N) is 2. The fourth-order valence-corrected chi connectivity index (χ4v) is 1.68. The van der Waals surface area contributed by atoms with Crippen LogP contribution in [-0.2, 0) is 17.8 Å². The number of nitrogens with zero attached hydrogens (tertiary/aromatic N) is 4. The topological polar surface area (TPSA) is 76.4 Å². The highest BCUT2D eigenvalue weighted by Crippen LogP contribution is 1.96. The minimum Gasteiger partial charge on any atom is -0.382 e. The van der Waals surface area contributed by atoms with E-state index in [9.17, 15) is 0 Å². The molecule has 0 saturated carbocycles. The van der Waals surface area contributed by atoms with E-state index in [0.717, 1.165) is 51.1 Å². The number of hydrogen-bond acceptors (Lipinski definition) is 4. The minimum atomic E-state index is 0.522. The van der Waals surface area contributed by atoms with E-state index in [-0.39, 0.29) is 0 Å². The first-order valence-corrected chi connectivity index (χ1v) is 7.28. The van der Waals surface area contributed by atoms with Crippen molar-refractivity contribution in [2.75, 3.05) is 26.3 Å². The Bertz CT molecular complexity index is 390. The summed E-state index contributed by atoms with van der Waals surface area (Å²) in [5.41, 5.74) is 0. The average Bonchev–Trinajstić information content (AvgIpc) is 2.91. The van der Waals surface area contributed by atoms with Gasteiger partial charge in [-0.1, -0.05) is 0 Å². The van der Waals surface area contributed by atoms with Crippen molar-refractivity contribution in [1.82, 2.24) is 25.4 Å². The fraction of sp³-hybridized carbons (Fsp3) is 0.769. The molecule has 7 nitrogen and oxygen atoms in total. The summed E-state index contributed by atoms with van der Waals surface area (Å²) in [6.45, 7) is 10.7. The van der Waals surface area contributed by atoms with Gasteiger partial charge in [0.05, 0.1) is 0 Å². The molecule has 0 saturated heterocycles. The van der Waals surface area contributed by atoms with Crippen LogP contribution >= 0.6 is 0 Å². The van der Waals surface area contributed by atoms with Crippen molar-refractivity contribution in [3.05, 3.63) is 12.2 Å². The lowest BCUT2D eigenvalue weighted by molar-refractivity contribution is 0.145. The summed E-state index contributed by atoms with van der Waals surface area (Å²) < 4.78 is 7.29. The Hall–Kier alpha value is -1.63. The van der Waals surface area contributed by atoms with Crippen molar-refractivity contribution >= 4 is 5.96 Å². The Labute approximate surface area is 120 Å². The summed E-state index contributed by atoms with van der Waals surface area (Å²) in [6.07, 6.45) is 2.69. The van der Waals surface area contributed by atoms with E-state index in [0.29, 0.717) is 6.54 Å². The zero-order chi connectivity index (χ0) is 14.6. The van der Waals surface area contributed by atoms with E-state index < -0.39 is 0 Å². The van der Waals surface area contributed by atoms with Crippen molar-refractivity contribution in [3.8, 4) is 0 Å². The van der Waals surface area contributed by atoms with Crippen LogP contribution in [0.3, 0.4) is 0 Å². The van der Waals surface area contributed by atoms with Crippen molar-refractivity contribution in [3.63, 3.8) is 0 Å². The van der Waals surface area contributed by atoms with Gasteiger partial charge < -0.3 is 19.9 Å². The highest BCUT2D eigenvalue weighted by atomic mass is 16.5. The van der Waals surface area contributed by atoms with Crippen LogP contribution in [0.2, 0.25) is 0 Å². The molecule has 0 aliphatic rings. The quantitative estimate of drug-likeness (QED) is 0.398. The molecule has 114 valence electrons. The molecule has 1 heterocycles. The van der Waals surface area contributed by atoms with E-state index in [1.807, 2.05) is 18.4 Å². The maximum Gasteiger partial charge on any atom is 0.191 e. The van der Waals surface area contributed by atoms with Gasteiger partial charge in [-0.2, -0.15) is 0 Å². The molecule has 0 atom stereocenters. The number of aryl methyl sites for hydroxylation is 1. The highest BCUT2D eigenvalue weighted by molar-refractivity contribution is 5.79. The summed E-state index contributed by atoms with van der Waals surface area (Å²) >= 11 is 0. The van der Waals surface area contributed by atoms with Crippen molar-refractivity contribution in [2.24, 2.45) is 4.99 Å². The predicted octanol–water partition coefficient (Wildman–Crippen LogP) is 0.780. The number of aromatic nitrogens is 3. The minimum absolute atomic E-state index is 0.522. The van der Waals surface area contributed by atoms with Gasteiger partial charge in [0.25, 0.3) is 0 Å². The zero-order valence-electron chi connectivity index (χ0n) is 12.7. The maximum atomic E-state index is 5.30. The fourth-order valence-electron chi connectivity index (χ4n) is 1.68. The second-order valence-corrected chi connectivity index (χ2v) is 4.21. The van der Waals surface area contributed by atoms with Crippen LogP contribution in [0.5, 0.6) is 0 Å². The van der Waals surface area contributed by atoms with Crippen molar-refractivity contribution in [2.45, 2.75) is 40.3 Å². The lowest BCUT2D eigenvalue weighted by atomic mass is 10.4. The van der Waals surface area contributed by atoms with E-state index >= 15 is 0 Å². The van der Waals surface area contributed by atoms with Gasteiger partial charge in [-0.05, 0) is 27.2 Å². The molecule has 0 spiro atoms. The third-order valence-electron chi connectivity index (χ3n) is 2.72. The number of aliphatic imine (C=N–C) groups is 1. The normalized spacial score (nSPS) is 11.7. The standard InChI is InChI=1S/C13H26N6O/c1-4-14-13(15-8-7-9-20-6-3)16-10-12-18-17-11-19(12)5-2/h11H,4-10H2,1-3H3,(H2,14,15,16). The van der Waals surface area contributed by atoms with Gasteiger partial charge in [-0.3, -0.25) is 0 Å². The molecule has 7 heteroatoms. The van der Waals surface area contributed by atoms with Crippen molar-refractivity contribution < 1.29 is 4.74 Å². The first-order chi connectivity index (χ1) is 9.81. The Morgan fingerprint density at radius 2 is 2.20 bits per heavy atom. The summed E-state index contributed by atoms with van der Waals surface area (Å²) in [7, 11) is 0. The molecule has 2 N–H and O–H groups in total. The zero-order valence-corrected chi connectivity index (χ0v) is 12.7. The van der Waals surface area contributed by atoms with Crippen LogP contribution in [0.15, 0.2) is 11.3 Å². The van der Waals surface area contributed by atoms with Gasteiger partial charge in [-0.25, -0.2) is 4.99 Å². The van der Waals surface area contributed by atoms with Gasteiger partial charge in [0, 0.05) is 32.8 Å². The van der Waals surface area contributed by atoms with E-state index in [1.54, 1.807) is 6.33 Å². The Balaban J connectivity index is 2.41. The van der Waals surface area contributed by atoms with Crippen LogP contribution in [0, 0.1) is 0 Å². The molecular weight excluding hydrogens is 256 g/mol. The lowest BCUT2D eigenvalue weighted by Gasteiger charge is -2.11. The molecule has 1 aromatic rings. The molecule has 0 aliphatic carbocycles. The molecule has 0 amide bonds. The maximum absolute atomic E-state index is 5.30. The van der Waals surface area contributed by atoms with E-state index in [4.69, 9.17) is 4.74 Å². The van der Waals surface area contributed by atoms with Crippen LogP contribution < -0.4 is 10.6 Å². The van der Waals surface area contributed by atoms with Gasteiger partial charge in [0.1, 0.15) is 12.9 Å². The second-order valence-electron chi connectivity index (χ2n) is 4.21. The molecule has 0 bridgehead atoms. The SMILES string of the molecule is CCNC(=NCc1nncn1CC)NCCCOCC. The molecular formula is C13H26N6O. The van der Waals surface area contributed by atoms with E-state index in [1.165, 1.54) is 0 Å². The highest BCUT2D eigenvalue weighted by Gasteiger charge is 2.02. The molecule has 0 radical (unpaired) electrons. The van der Waals surface area contributed by atoms with Gasteiger partial charge >= 0.3 is 0 Å². The molecule has 20 heavy (non-hydrogen) atoms. The number of ether oxygens (including phenoxy) is 1. The van der Waals surface area contributed by atoms with Crippen LogP contribution in [0.4, 0.5) is 0 Å². The third-order valence-corrected chi connectivity index (χ3v) is 2.72. The average molecular weight is 282 g/mol. The molecule has 0 aliphatic heterocycles. The van der Waals surface area contributed by atoms with Crippen molar-refractivity contribution in [1.29, 1.82) is 0 Å². The largest absolute Gasteiger partial charge is 0.382 e. The van der Waals surface area contributed by atoms with E-state index in [2.05, 4.69) is 32.7 Å². The van der Waals surface area contributed by atoms with Gasteiger partial charge in [0.15, 0.2) is 11.8 Å². The molecule has 0 aromatic carbocycles. The summed E-state index contributed by atoms with van der Waals surface area (Å²) in [4.78, 5) is 4.51. The summed E-state index contributed by atoms with van der Waals surface area (Å²) in [5.74, 6) is 1.67. The first-order valence-electron chi connectivity index (χ1n) is 7.28. The Morgan fingerprint density at radius 1 is 1.35 bits per heavy atom. The molecule has 1 rings (SSSR count). The molecule has 0 unspecified atom stereocenters. The Morgan fingerprint density at radius 3 is 2.90 bits per heavy atom. The lowest BCUT2D eigenvalue weighted by Crippen LogP contribution is -2.38. The second kappa shape index (κ2) is 10.2. The number of hydrogen-bond donors (Lipinski definition) is 2.